The molecule has 0 radical (unpaired) electrons. The molecular formula is C17H20N3O4P. The van der Waals surface area contributed by atoms with Crippen molar-refractivity contribution in [1.82, 2.24) is 5.32 Å². The number of anilines is 1. The first-order valence-corrected chi connectivity index (χ1v) is 9.38. The number of nitrogens with one attached hydrogen (secondary N) is 1. The molecule has 132 valence electrons. The van der Waals surface area contributed by atoms with Gasteiger partial charge >= 0.3 is 7.82 Å². The fraction of sp³-hybridized carbons (Fsp3) is 0.235. The Morgan fingerprint density at radius 1 is 1.12 bits per heavy atom. The van der Waals surface area contributed by atoms with Gasteiger partial charge in [-0.25, -0.2) is 14.1 Å². The lowest BCUT2D eigenvalue weighted by Crippen LogP contribution is -2.51. The van der Waals surface area contributed by atoms with Crippen LogP contribution in [0.1, 0.15) is 5.56 Å². The number of para-hydroxylation sites is 1. The summed E-state index contributed by atoms with van der Waals surface area (Å²) < 4.78 is 16.4. The van der Waals surface area contributed by atoms with Crippen molar-refractivity contribution >= 4 is 19.7 Å². The molecule has 1 atom stereocenters. The molecule has 25 heavy (non-hydrogen) atoms. The molecule has 0 spiro atoms. The number of hydrogen-bond donors (Lipinski definition) is 3. The molecule has 1 aliphatic heterocycles. The highest BCUT2D eigenvalue weighted by molar-refractivity contribution is 7.46. The summed E-state index contributed by atoms with van der Waals surface area (Å²) in [6.07, 6.45) is 1.56. The number of phosphoric ester groups is 1. The van der Waals surface area contributed by atoms with E-state index in [4.69, 9.17) is 4.52 Å². The third-order valence-electron chi connectivity index (χ3n) is 3.78. The van der Waals surface area contributed by atoms with E-state index in [0.29, 0.717) is 13.1 Å². The summed E-state index contributed by atoms with van der Waals surface area (Å²) in [7, 11) is -4.71. The molecule has 1 unspecified atom stereocenters. The maximum absolute atomic E-state index is 11.4. The summed E-state index contributed by atoms with van der Waals surface area (Å²) in [5.41, 5.74) is 1.98. The zero-order valence-corrected chi connectivity index (χ0v) is 14.4. The number of benzene rings is 2. The predicted octanol–water partition coefficient (Wildman–Crippen LogP) is 2.13. The first-order valence-electron chi connectivity index (χ1n) is 7.85. The van der Waals surface area contributed by atoms with Gasteiger partial charge in [0.05, 0.1) is 6.54 Å². The van der Waals surface area contributed by atoms with Crippen LogP contribution in [0, 0.1) is 0 Å². The number of hydrogen-bond acceptors (Lipinski definition) is 5. The number of aliphatic imine (C=N–C) groups is 1. The molecule has 0 fully saturated rings. The van der Waals surface area contributed by atoms with Crippen molar-refractivity contribution in [1.29, 1.82) is 0 Å². The van der Waals surface area contributed by atoms with Crippen molar-refractivity contribution in [2.24, 2.45) is 4.99 Å². The molecule has 3 N–H and O–H groups in total. The summed E-state index contributed by atoms with van der Waals surface area (Å²) in [6, 6.07) is 19.5. The lowest BCUT2D eigenvalue weighted by atomic mass is 10.2. The van der Waals surface area contributed by atoms with Gasteiger partial charge in [0.25, 0.3) is 0 Å². The Kier molecular flexibility index (Phi) is 5.32. The largest absolute Gasteiger partial charge is 0.472 e. The first kappa shape index (κ1) is 17.8. The van der Waals surface area contributed by atoms with Crippen molar-refractivity contribution < 1.29 is 18.9 Å². The van der Waals surface area contributed by atoms with Crippen LogP contribution in [0.5, 0.6) is 0 Å². The van der Waals surface area contributed by atoms with E-state index in [1.54, 1.807) is 6.21 Å². The first-order chi connectivity index (χ1) is 12.0. The number of phosphoric acid groups is 1. The predicted molar refractivity (Wildman–Crippen MR) is 96.3 cm³/mol. The smallest absolute Gasteiger partial charge is 0.361 e. The molecule has 2 aromatic carbocycles. The zero-order chi connectivity index (χ0) is 17.8. The molecule has 1 aliphatic rings. The van der Waals surface area contributed by atoms with Crippen LogP contribution < -0.4 is 10.2 Å². The van der Waals surface area contributed by atoms with Crippen LogP contribution in [0.4, 0.5) is 5.69 Å². The fourth-order valence-electron chi connectivity index (χ4n) is 2.76. The second-order valence-corrected chi connectivity index (χ2v) is 6.90. The third kappa shape index (κ3) is 4.98. The van der Waals surface area contributed by atoms with Crippen LogP contribution in [-0.2, 0) is 15.6 Å². The lowest BCUT2D eigenvalue weighted by Gasteiger charge is -2.34. The Labute approximate surface area is 146 Å². The molecular weight excluding hydrogens is 341 g/mol. The Hall–Kier alpha value is -2.02. The van der Waals surface area contributed by atoms with E-state index in [9.17, 15) is 14.4 Å². The molecule has 7 nitrogen and oxygen atoms in total. The van der Waals surface area contributed by atoms with Crippen LogP contribution in [0.25, 0.3) is 0 Å². The van der Waals surface area contributed by atoms with E-state index in [-0.39, 0.29) is 6.54 Å². The van der Waals surface area contributed by atoms with E-state index >= 15 is 0 Å². The maximum atomic E-state index is 11.4. The quantitative estimate of drug-likeness (QED) is 0.654. The summed E-state index contributed by atoms with van der Waals surface area (Å²) in [5, 5.41) is 2.93. The maximum Gasteiger partial charge on any atom is 0.472 e. The average Bonchev–Trinajstić information content (AvgIpc) is 3.02. The highest BCUT2D eigenvalue weighted by Gasteiger charge is 2.41. The molecule has 3 rings (SSSR count). The van der Waals surface area contributed by atoms with Crippen LogP contribution in [-0.4, -0.2) is 34.9 Å². The van der Waals surface area contributed by atoms with Crippen LogP contribution in [0.2, 0.25) is 0 Å². The van der Waals surface area contributed by atoms with Crippen molar-refractivity contribution in [3.05, 3.63) is 66.2 Å². The second-order valence-electron chi connectivity index (χ2n) is 5.74. The summed E-state index contributed by atoms with van der Waals surface area (Å²) in [6.45, 7) is 1.08. The van der Waals surface area contributed by atoms with Crippen molar-refractivity contribution in [2.45, 2.75) is 12.4 Å². The topological polar surface area (TPSA) is 94.4 Å². The number of nitrogens with zero attached hydrogens (tertiary/aromatic N) is 2. The van der Waals surface area contributed by atoms with Crippen molar-refractivity contribution in [3.8, 4) is 0 Å². The van der Waals surface area contributed by atoms with E-state index in [0.717, 1.165) is 11.3 Å². The second kappa shape index (κ2) is 7.47. The normalized spacial score (nSPS) is 19.9. The SMILES string of the molecule is O=P(O)(O)OC1(CN(Cc2ccccc2)c2ccccc2)N=CCN1. The van der Waals surface area contributed by atoms with Gasteiger partial charge in [0.2, 0.25) is 5.85 Å². The standard InChI is InChI=1S/C17H20N3O4P/c21-25(22,23)24-17(18-11-12-19-17)14-20(16-9-5-2-6-10-16)13-15-7-3-1-4-8-15/h1-11,19H,12-14H2,(H2,21,22,23). The van der Waals surface area contributed by atoms with Gasteiger partial charge in [0.1, 0.15) is 0 Å². The van der Waals surface area contributed by atoms with E-state index in [1.807, 2.05) is 65.6 Å². The minimum absolute atomic E-state index is 0.146. The summed E-state index contributed by atoms with van der Waals surface area (Å²) >= 11 is 0. The van der Waals surface area contributed by atoms with Crippen LogP contribution in [0.3, 0.4) is 0 Å². The Morgan fingerprint density at radius 2 is 1.76 bits per heavy atom. The van der Waals surface area contributed by atoms with E-state index in [1.165, 1.54) is 0 Å². The lowest BCUT2D eigenvalue weighted by molar-refractivity contribution is 0.0287. The van der Waals surface area contributed by atoms with Gasteiger partial charge in [-0.1, -0.05) is 48.5 Å². The van der Waals surface area contributed by atoms with Crippen molar-refractivity contribution in [2.75, 3.05) is 18.0 Å². The van der Waals surface area contributed by atoms with Crippen molar-refractivity contribution in [3.63, 3.8) is 0 Å². The van der Waals surface area contributed by atoms with Gasteiger partial charge in [-0.05, 0) is 17.7 Å². The van der Waals surface area contributed by atoms with E-state index in [2.05, 4.69) is 10.3 Å². The highest BCUT2D eigenvalue weighted by atomic mass is 31.2. The summed E-state index contributed by atoms with van der Waals surface area (Å²) in [4.78, 5) is 24.7. The molecule has 0 saturated carbocycles. The molecule has 8 heteroatoms. The third-order valence-corrected chi connectivity index (χ3v) is 4.32. The minimum Gasteiger partial charge on any atom is -0.361 e. The van der Waals surface area contributed by atoms with Gasteiger partial charge in [-0.3, -0.25) is 5.32 Å². The van der Waals surface area contributed by atoms with Gasteiger partial charge < -0.3 is 14.7 Å². The summed E-state index contributed by atoms with van der Waals surface area (Å²) in [5.74, 6) is -1.48. The van der Waals surface area contributed by atoms with E-state index < -0.39 is 13.7 Å². The molecule has 0 aliphatic carbocycles. The molecule has 0 aromatic heterocycles. The van der Waals surface area contributed by atoms with Gasteiger partial charge in [-0.2, -0.15) is 0 Å². The average molecular weight is 361 g/mol. The molecule has 2 aromatic rings. The molecule has 1 heterocycles. The van der Waals surface area contributed by atoms with Crippen LogP contribution >= 0.6 is 7.82 Å². The Morgan fingerprint density at radius 3 is 2.32 bits per heavy atom. The zero-order valence-electron chi connectivity index (χ0n) is 13.5. The number of rotatable bonds is 7. The monoisotopic (exact) mass is 361 g/mol. The van der Waals surface area contributed by atoms with Gasteiger partial charge in [0.15, 0.2) is 0 Å². The van der Waals surface area contributed by atoms with Crippen LogP contribution in [0.15, 0.2) is 65.7 Å². The van der Waals surface area contributed by atoms with Gasteiger partial charge in [-0.15, -0.1) is 0 Å². The minimum atomic E-state index is -4.71. The fourth-order valence-corrected chi connectivity index (χ4v) is 3.32. The Balaban J connectivity index is 1.88. The Bertz CT molecular complexity index is 766. The molecule has 0 saturated heterocycles. The molecule has 0 amide bonds. The van der Waals surface area contributed by atoms with Gasteiger partial charge in [0, 0.05) is 25.0 Å². The highest BCUT2D eigenvalue weighted by Crippen LogP contribution is 2.42. The molecule has 0 bridgehead atoms.